The van der Waals surface area contributed by atoms with Crippen LogP contribution in [0.1, 0.15) is 0 Å². The lowest BCUT2D eigenvalue weighted by molar-refractivity contribution is -0.121. The first kappa shape index (κ1) is 15.3. The van der Waals surface area contributed by atoms with Crippen molar-refractivity contribution in [1.29, 1.82) is 0 Å². The smallest absolute Gasteiger partial charge is 0.234 e. The van der Waals surface area contributed by atoms with E-state index in [0.29, 0.717) is 13.2 Å². The minimum absolute atomic E-state index is 0.0919. The normalized spacial score (nSPS) is 11.5. The van der Waals surface area contributed by atoms with E-state index in [1.54, 1.807) is 0 Å². The molecular formula is C9H20N2O5. The van der Waals surface area contributed by atoms with Crippen LogP contribution >= 0.6 is 0 Å². The van der Waals surface area contributed by atoms with Crippen molar-refractivity contribution in [1.82, 2.24) is 10.6 Å². The van der Waals surface area contributed by atoms with Gasteiger partial charge in [-0.05, 0) is 0 Å². The van der Waals surface area contributed by atoms with Gasteiger partial charge in [-0.1, -0.05) is 0 Å². The molecule has 16 heavy (non-hydrogen) atoms. The fourth-order valence-electron chi connectivity index (χ4n) is 0.940. The molecule has 0 aromatic rings. The van der Waals surface area contributed by atoms with E-state index in [0.717, 1.165) is 0 Å². The minimum Gasteiger partial charge on any atom is -0.394 e. The Bertz CT molecular complexity index is 188. The zero-order valence-electron chi connectivity index (χ0n) is 9.40. The van der Waals surface area contributed by atoms with Gasteiger partial charge in [0.15, 0.2) is 0 Å². The van der Waals surface area contributed by atoms with Crippen LogP contribution in [0.2, 0.25) is 0 Å². The molecule has 5 N–H and O–H groups in total. The van der Waals surface area contributed by atoms with E-state index in [1.807, 2.05) is 0 Å². The minimum atomic E-state index is -1.22. The van der Waals surface area contributed by atoms with Crippen LogP contribution in [0.4, 0.5) is 0 Å². The second kappa shape index (κ2) is 8.43. The molecule has 0 rings (SSSR count). The Morgan fingerprint density at radius 1 is 1.25 bits per heavy atom. The number of ether oxygens (including phenoxy) is 1. The first-order valence-electron chi connectivity index (χ1n) is 4.97. The number of hydrogen-bond acceptors (Lipinski definition) is 6. The van der Waals surface area contributed by atoms with Crippen LogP contribution in [0.15, 0.2) is 0 Å². The molecule has 7 heteroatoms. The van der Waals surface area contributed by atoms with Gasteiger partial charge in [-0.3, -0.25) is 10.1 Å². The predicted molar refractivity (Wildman–Crippen MR) is 56.9 cm³/mol. The average Bonchev–Trinajstić information content (AvgIpc) is 2.32. The average molecular weight is 236 g/mol. The van der Waals surface area contributed by atoms with Crippen molar-refractivity contribution in [2.24, 2.45) is 0 Å². The first-order valence-corrected chi connectivity index (χ1v) is 4.97. The Hall–Kier alpha value is -0.730. The van der Waals surface area contributed by atoms with E-state index < -0.39 is 25.4 Å². The van der Waals surface area contributed by atoms with Crippen molar-refractivity contribution in [2.75, 3.05) is 46.6 Å². The molecule has 0 heterocycles. The second-order valence-corrected chi connectivity index (χ2v) is 3.45. The third kappa shape index (κ3) is 5.38. The highest BCUT2D eigenvalue weighted by Crippen LogP contribution is 2.00. The number of rotatable bonds is 9. The lowest BCUT2D eigenvalue weighted by Gasteiger charge is -2.28. The Kier molecular flexibility index (Phi) is 8.04. The molecule has 96 valence electrons. The van der Waals surface area contributed by atoms with Gasteiger partial charge in [0, 0.05) is 13.7 Å². The predicted octanol–water partition coefficient (Wildman–Crippen LogP) is -2.95. The van der Waals surface area contributed by atoms with Gasteiger partial charge in [-0.15, -0.1) is 0 Å². The molecule has 0 fully saturated rings. The SMILES string of the molecule is COCCNC(=O)CNC(CO)(CO)CO. The van der Waals surface area contributed by atoms with Crippen LogP contribution in [0.25, 0.3) is 0 Å². The van der Waals surface area contributed by atoms with Crippen LogP contribution in [0.5, 0.6) is 0 Å². The molecule has 0 bridgehead atoms. The van der Waals surface area contributed by atoms with E-state index in [2.05, 4.69) is 10.6 Å². The number of aliphatic hydroxyl groups is 3. The number of carbonyl (C=O) groups excluding carboxylic acids is 1. The van der Waals surface area contributed by atoms with E-state index in [-0.39, 0.29) is 12.5 Å². The number of hydrogen-bond donors (Lipinski definition) is 5. The summed E-state index contributed by atoms with van der Waals surface area (Å²) in [5.41, 5.74) is -1.22. The van der Waals surface area contributed by atoms with E-state index in [1.165, 1.54) is 7.11 Å². The Morgan fingerprint density at radius 3 is 2.25 bits per heavy atom. The summed E-state index contributed by atoms with van der Waals surface area (Å²) in [7, 11) is 1.53. The highest BCUT2D eigenvalue weighted by Gasteiger charge is 2.27. The molecule has 0 atom stereocenters. The van der Waals surface area contributed by atoms with Crippen molar-refractivity contribution < 1.29 is 24.9 Å². The van der Waals surface area contributed by atoms with Gasteiger partial charge in [-0.2, -0.15) is 0 Å². The topological polar surface area (TPSA) is 111 Å². The number of carbonyl (C=O) groups is 1. The summed E-state index contributed by atoms with van der Waals surface area (Å²) in [6, 6.07) is 0. The molecule has 0 aliphatic rings. The lowest BCUT2D eigenvalue weighted by Crippen LogP contribution is -2.57. The maximum absolute atomic E-state index is 11.2. The second-order valence-electron chi connectivity index (χ2n) is 3.45. The zero-order valence-corrected chi connectivity index (χ0v) is 9.40. The van der Waals surface area contributed by atoms with Gasteiger partial charge >= 0.3 is 0 Å². The van der Waals surface area contributed by atoms with Gasteiger partial charge < -0.3 is 25.4 Å². The van der Waals surface area contributed by atoms with Crippen LogP contribution in [-0.2, 0) is 9.53 Å². The number of amides is 1. The first-order chi connectivity index (χ1) is 7.64. The van der Waals surface area contributed by atoms with Crippen molar-refractivity contribution in [3.63, 3.8) is 0 Å². The maximum atomic E-state index is 11.2. The molecule has 0 unspecified atom stereocenters. The van der Waals surface area contributed by atoms with Gasteiger partial charge in [0.05, 0.1) is 38.5 Å². The summed E-state index contributed by atoms with van der Waals surface area (Å²) >= 11 is 0. The summed E-state index contributed by atoms with van der Waals surface area (Å²) in [5.74, 6) is -0.295. The lowest BCUT2D eigenvalue weighted by atomic mass is 10.0. The standard InChI is InChI=1S/C9H20N2O5/c1-16-3-2-10-8(15)4-11-9(5-12,6-13)7-14/h11-14H,2-7H2,1H3,(H,10,15). The summed E-state index contributed by atoms with van der Waals surface area (Å²) < 4.78 is 4.75. The third-order valence-electron chi connectivity index (χ3n) is 2.16. The molecule has 0 radical (unpaired) electrons. The molecule has 0 saturated carbocycles. The Morgan fingerprint density at radius 2 is 1.81 bits per heavy atom. The van der Waals surface area contributed by atoms with Gasteiger partial charge in [0.25, 0.3) is 0 Å². The van der Waals surface area contributed by atoms with Crippen molar-refractivity contribution >= 4 is 5.91 Å². The van der Waals surface area contributed by atoms with Crippen molar-refractivity contribution in [2.45, 2.75) is 5.54 Å². The van der Waals surface area contributed by atoms with Gasteiger partial charge in [0.1, 0.15) is 0 Å². The van der Waals surface area contributed by atoms with Crippen LogP contribution in [-0.4, -0.2) is 73.4 Å². The summed E-state index contributed by atoms with van der Waals surface area (Å²) in [6.07, 6.45) is 0. The maximum Gasteiger partial charge on any atom is 0.234 e. The molecule has 0 saturated heterocycles. The molecule has 0 aliphatic carbocycles. The zero-order chi connectivity index (χ0) is 12.4. The van der Waals surface area contributed by atoms with E-state index in [4.69, 9.17) is 20.1 Å². The molecule has 1 amide bonds. The molecule has 0 aromatic heterocycles. The third-order valence-corrected chi connectivity index (χ3v) is 2.16. The Balaban J connectivity index is 3.87. The summed E-state index contributed by atoms with van der Waals surface area (Å²) in [4.78, 5) is 11.2. The Labute approximate surface area is 94.4 Å². The summed E-state index contributed by atoms with van der Waals surface area (Å²) in [6.45, 7) is -0.647. The summed E-state index contributed by atoms with van der Waals surface area (Å²) in [5, 5.41) is 32.1. The van der Waals surface area contributed by atoms with Crippen LogP contribution < -0.4 is 10.6 Å². The van der Waals surface area contributed by atoms with Crippen LogP contribution in [0, 0.1) is 0 Å². The van der Waals surface area contributed by atoms with Crippen molar-refractivity contribution in [3.8, 4) is 0 Å². The largest absolute Gasteiger partial charge is 0.394 e. The monoisotopic (exact) mass is 236 g/mol. The highest BCUT2D eigenvalue weighted by atomic mass is 16.5. The van der Waals surface area contributed by atoms with E-state index >= 15 is 0 Å². The van der Waals surface area contributed by atoms with Crippen molar-refractivity contribution in [3.05, 3.63) is 0 Å². The van der Waals surface area contributed by atoms with Crippen LogP contribution in [0.3, 0.4) is 0 Å². The molecule has 0 spiro atoms. The molecule has 0 aromatic carbocycles. The fourth-order valence-corrected chi connectivity index (χ4v) is 0.940. The quantitative estimate of drug-likeness (QED) is 0.274. The van der Waals surface area contributed by atoms with Gasteiger partial charge in [0.2, 0.25) is 5.91 Å². The number of aliphatic hydroxyl groups excluding tert-OH is 3. The number of methoxy groups -OCH3 is 1. The fraction of sp³-hybridized carbons (Fsp3) is 0.889. The molecular weight excluding hydrogens is 216 g/mol. The van der Waals surface area contributed by atoms with Gasteiger partial charge in [-0.25, -0.2) is 0 Å². The molecule has 7 nitrogen and oxygen atoms in total. The highest BCUT2D eigenvalue weighted by molar-refractivity contribution is 5.78. The van der Waals surface area contributed by atoms with E-state index in [9.17, 15) is 4.79 Å². The number of nitrogens with one attached hydrogen (secondary N) is 2. The molecule has 0 aliphatic heterocycles.